The van der Waals surface area contributed by atoms with Gasteiger partial charge in [0, 0.05) is 6.42 Å². The first-order chi connectivity index (χ1) is 11.7. The summed E-state index contributed by atoms with van der Waals surface area (Å²) in [6.07, 6.45) is 0.0173. The summed E-state index contributed by atoms with van der Waals surface area (Å²) in [4.78, 5) is 0. The number of hydrogen-bond acceptors (Lipinski definition) is 3. The average Bonchev–Trinajstić information content (AvgIpc) is 2.63. The molecule has 0 aromatic heterocycles. The molecule has 0 spiro atoms. The van der Waals surface area contributed by atoms with Gasteiger partial charge in [-0.2, -0.15) is 0 Å². The molecule has 0 heterocycles. The molecule has 142 valence electrons. The highest BCUT2D eigenvalue weighted by atomic mass is 16.3. The van der Waals surface area contributed by atoms with Gasteiger partial charge in [0.25, 0.3) is 0 Å². The van der Waals surface area contributed by atoms with Crippen molar-refractivity contribution >= 4 is 0 Å². The van der Waals surface area contributed by atoms with Gasteiger partial charge in [0.2, 0.25) is 0 Å². The van der Waals surface area contributed by atoms with Gasteiger partial charge in [-0.05, 0) is 41.4 Å². The van der Waals surface area contributed by atoms with Gasteiger partial charge >= 0.3 is 0 Å². The van der Waals surface area contributed by atoms with Crippen LogP contribution < -0.4 is 0 Å². The fourth-order valence-corrected chi connectivity index (χ4v) is 3.00. The molecule has 0 aliphatic carbocycles. The summed E-state index contributed by atoms with van der Waals surface area (Å²) in [5, 5.41) is 29.9. The van der Waals surface area contributed by atoms with Crippen LogP contribution in [0.1, 0.15) is 54.4 Å². The third kappa shape index (κ3) is 8.10. The Labute approximate surface area is 154 Å². The molecule has 3 N–H and O–H groups in total. The summed E-state index contributed by atoms with van der Waals surface area (Å²) in [5.74, 6) is 12.3. The highest BCUT2D eigenvalue weighted by molar-refractivity contribution is 5.28. The highest BCUT2D eigenvalue weighted by Gasteiger charge is 2.32. The van der Waals surface area contributed by atoms with Crippen LogP contribution in [0.4, 0.5) is 0 Å². The largest absolute Gasteiger partial charge is 0.390 e. The molecule has 0 fully saturated rings. The van der Waals surface area contributed by atoms with Crippen molar-refractivity contribution < 1.29 is 15.3 Å². The van der Waals surface area contributed by atoms with Crippen LogP contribution in [0.25, 0.3) is 0 Å². The molecule has 3 nitrogen and oxygen atoms in total. The number of aliphatic hydroxyl groups is 3. The minimum atomic E-state index is -0.901. The van der Waals surface area contributed by atoms with E-state index in [4.69, 9.17) is 0 Å². The molecule has 0 unspecified atom stereocenters. The topological polar surface area (TPSA) is 60.7 Å². The first-order valence-corrected chi connectivity index (χ1v) is 9.32. The van der Waals surface area contributed by atoms with Gasteiger partial charge < -0.3 is 15.3 Å². The second-order valence-electron chi connectivity index (χ2n) is 7.34. The van der Waals surface area contributed by atoms with E-state index in [1.54, 1.807) is 0 Å². The van der Waals surface area contributed by atoms with Gasteiger partial charge in [-0.15, -0.1) is 0 Å². The van der Waals surface area contributed by atoms with Crippen LogP contribution in [0.3, 0.4) is 0 Å². The molecule has 0 bridgehead atoms. The molecule has 0 aliphatic heterocycles. The normalized spacial score (nSPS) is 20.4. The quantitative estimate of drug-likeness (QED) is 0.443. The summed E-state index contributed by atoms with van der Waals surface area (Å²) in [6, 6.07) is 0. The lowest BCUT2D eigenvalue weighted by molar-refractivity contribution is -0.0356. The van der Waals surface area contributed by atoms with Crippen molar-refractivity contribution in [1.29, 1.82) is 0 Å². The fraction of sp³-hybridized carbons (Fsp3) is 0.727. The molecular formula is C22H36O3. The second-order valence-corrected chi connectivity index (χ2v) is 7.34. The van der Waals surface area contributed by atoms with Crippen LogP contribution in [-0.4, -0.2) is 33.6 Å². The van der Waals surface area contributed by atoms with Crippen LogP contribution in [0, 0.1) is 53.3 Å². The molecule has 0 aliphatic rings. The Bertz CT molecular complexity index is 505. The lowest BCUT2D eigenvalue weighted by Crippen LogP contribution is -2.38. The predicted molar refractivity (Wildman–Crippen MR) is 104 cm³/mol. The predicted octanol–water partition coefficient (Wildman–Crippen LogP) is 3.24. The smallest absolute Gasteiger partial charge is 0.134 e. The second kappa shape index (κ2) is 12.2. The summed E-state index contributed by atoms with van der Waals surface area (Å²) >= 11 is 0. The highest BCUT2D eigenvalue weighted by Crippen LogP contribution is 2.34. The molecule has 8 atom stereocenters. The van der Waals surface area contributed by atoms with Crippen LogP contribution >= 0.6 is 0 Å². The van der Waals surface area contributed by atoms with E-state index in [0.29, 0.717) is 23.7 Å². The Morgan fingerprint density at radius 2 is 1.44 bits per heavy atom. The Morgan fingerprint density at radius 3 is 1.96 bits per heavy atom. The van der Waals surface area contributed by atoms with Crippen LogP contribution in [0.5, 0.6) is 0 Å². The van der Waals surface area contributed by atoms with Gasteiger partial charge in [-0.3, -0.25) is 0 Å². The van der Waals surface area contributed by atoms with Gasteiger partial charge in [0.05, 0.1) is 12.2 Å². The maximum atomic E-state index is 10.5. The van der Waals surface area contributed by atoms with Gasteiger partial charge in [0.15, 0.2) is 0 Å². The maximum absolute atomic E-state index is 10.5. The average molecular weight is 349 g/mol. The maximum Gasteiger partial charge on any atom is 0.134 e. The zero-order valence-electron chi connectivity index (χ0n) is 16.7. The molecule has 0 amide bonds. The summed E-state index contributed by atoms with van der Waals surface area (Å²) in [7, 11) is 0. The van der Waals surface area contributed by atoms with Crippen LogP contribution in [0.2, 0.25) is 0 Å². The fourth-order valence-electron chi connectivity index (χ4n) is 3.00. The SMILES string of the molecule is C=C[C@@H](O)C#CC#CC[C@@H](O)[C@H](O)[C@@H](C)[C@@H](C)[C@@H](C)[C@@H](C)[C@@H](C)CC. The Hall–Kier alpha value is -1.26. The van der Waals surface area contributed by atoms with E-state index >= 15 is 0 Å². The van der Waals surface area contributed by atoms with Crippen LogP contribution in [0.15, 0.2) is 12.7 Å². The summed E-state index contributed by atoms with van der Waals surface area (Å²) < 4.78 is 0. The molecule has 0 saturated carbocycles. The molecule has 0 rings (SSSR count). The monoisotopic (exact) mass is 348 g/mol. The Balaban J connectivity index is 4.69. The van der Waals surface area contributed by atoms with E-state index < -0.39 is 18.3 Å². The van der Waals surface area contributed by atoms with Crippen molar-refractivity contribution in [1.82, 2.24) is 0 Å². The van der Waals surface area contributed by atoms with E-state index in [1.807, 2.05) is 6.92 Å². The Morgan fingerprint density at radius 1 is 0.880 bits per heavy atom. The van der Waals surface area contributed by atoms with E-state index in [0.717, 1.165) is 6.42 Å². The van der Waals surface area contributed by atoms with Gasteiger partial charge in [-0.1, -0.05) is 72.5 Å². The lowest BCUT2D eigenvalue weighted by Gasteiger charge is -2.36. The molecule has 3 heteroatoms. The first kappa shape index (κ1) is 23.7. The van der Waals surface area contributed by atoms with Gasteiger partial charge in [-0.25, -0.2) is 0 Å². The van der Waals surface area contributed by atoms with E-state index in [1.165, 1.54) is 6.08 Å². The minimum Gasteiger partial charge on any atom is -0.390 e. The third-order valence-electron chi connectivity index (χ3n) is 5.87. The van der Waals surface area contributed by atoms with E-state index in [9.17, 15) is 15.3 Å². The number of aliphatic hydroxyl groups excluding tert-OH is 3. The summed E-state index contributed by atoms with van der Waals surface area (Å²) in [5.41, 5.74) is 0. The zero-order valence-corrected chi connectivity index (χ0v) is 16.7. The van der Waals surface area contributed by atoms with Crippen molar-refractivity contribution in [3.63, 3.8) is 0 Å². The van der Waals surface area contributed by atoms with Crippen molar-refractivity contribution in [2.75, 3.05) is 0 Å². The summed E-state index contributed by atoms with van der Waals surface area (Å²) in [6.45, 7) is 16.5. The van der Waals surface area contributed by atoms with E-state index in [-0.39, 0.29) is 12.3 Å². The molecular weight excluding hydrogens is 312 g/mol. The van der Waals surface area contributed by atoms with Crippen molar-refractivity contribution in [3.05, 3.63) is 12.7 Å². The molecule has 0 aromatic rings. The minimum absolute atomic E-state index is 0.0213. The van der Waals surface area contributed by atoms with Crippen molar-refractivity contribution in [3.8, 4) is 23.7 Å². The standard InChI is InChI=1S/C22H36O3/c1-8-15(3)16(4)17(5)18(6)19(7)22(25)21(24)14-12-10-11-13-20(23)9-2/h9,15-25H,2,8,14H2,1,3-7H3/t15-,16-,17-,18-,19-,20+,21+,22+/m0/s1. The van der Waals surface area contributed by atoms with Crippen molar-refractivity contribution in [2.45, 2.75) is 72.7 Å². The molecule has 0 radical (unpaired) electrons. The lowest BCUT2D eigenvalue weighted by atomic mass is 9.71. The zero-order chi connectivity index (χ0) is 19.6. The number of rotatable bonds is 9. The third-order valence-corrected chi connectivity index (χ3v) is 5.87. The molecule has 0 aromatic carbocycles. The number of hydrogen-bond donors (Lipinski definition) is 3. The van der Waals surface area contributed by atoms with Crippen LogP contribution in [-0.2, 0) is 0 Å². The molecule has 25 heavy (non-hydrogen) atoms. The van der Waals surface area contributed by atoms with Crippen molar-refractivity contribution in [2.24, 2.45) is 29.6 Å². The molecule has 0 saturated heterocycles. The van der Waals surface area contributed by atoms with Gasteiger partial charge in [0.1, 0.15) is 6.10 Å². The Kier molecular flexibility index (Phi) is 11.5. The first-order valence-electron chi connectivity index (χ1n) is 9.32. The van der Waals surface area contributed by atoms with E-state index in [2.05, 4.69) is 64.9 Å².